The molecule has 2 atom stereocenters. The van der Waals surface area contributed by atoms with Crippen molar-refractivity contribution in [2.75, 3.05) is 25.1 Å². The first-order valence-corrected chi connectivity index (χ1v) is 7.61. The minimum Gasteiger partial charge on any atom is -0.393 e. The highest BCUT2D eigenvalue weighted by atomic mass is 32.2. The Balaban J connectivity index is 2.02. The molecular formula is C10H21NO3S. The predicted octanol–water partition coefficient (Wildman–Crippen LogP) is 0.172. The first-order chi connectivity index (χ1) is 6.99. The molecule has 1 aliphatic carbocycles. The molecule has 0 aromatic heterocycles. The Morgan fingerprint density at radius 1 is 1.40 bits per heavy atom. The first-order valence-electron chi connectivity index (χ1n) is 5.55. The van der Waals surface area contributed by atoms with Crippen molar-refractivity contribution in [3.05, 3.63) is 0 Å². The van der Waals surface area contributed by atoms with E-state index in [1.165, 1.54) is 6.26 Å². The Bertz CT molecular complexity index is 276. The fraction of sp³-hybridized carbons (Fsp3) is 1.00. The first kappa shape index (κ1) is 12.9. The summed E-state index contributed by atoms with van der Waals surface area (Å²) in [5.41, 5.74) is 0. The van der Waals surface area contributed by atoms with Crippen LogP contribution in [0, 0.1) is 5.92 Å². The lowest BCUT2D eigenvalue weighted by Gasteiger charge is -2.14. The predicted molar refractivity (Wildman–Crippen MR) is 60.5 cm³/mol. The van der Waals surface area contributed by atoms with Crippen LogP contribution in [0.1, 0.15) is 25.7 Å². The minimum atomic E-state index is -2.82. The number of nitrogens with one attached hydrogen (secondary N) is 1. The summed E-state index contributed by atoms with van der Waals surface area (Å²) < 4.78 is 21.7. The molecule has 0 spiro atoms. The van der Waals surface area contributed by atoms with Crippen molar-refractivity contribution < 1.29 is 13.5 Å². The van der Waals surface area contributed by atoms with E-state index >= 15 is 0 Å². The van der Waals surface area contributed by atoms with Crippen molar-refractivity contribution in [2.45, 2.75) is 31.8 Å². The van der Waals surface area contributed by atoms with Crippen LogP contribution in [0.2, 0.25) is 0 Å². The number of sulfone groups is 1. The van der Waals surface area contributed by atoms with Crippen molar-refractivity contribution in [1.82, 2.24) is 5.32 Å². The zero-order valence-corrected chi connectivity index (χ0v) is 10.1. The Kier molecular flexibility index (Phi) is 5.02. The number of aliphatic hydroxyl groups excluding tert-OH is 1. The second-order valence-electron chi connectivity index (χ2n) is 4.45. The summed E-state index contributed by atoms with van der Waals surface area (Å²) in [7, 11) is -2.82. The molecule has 0 amide bonds. The summed E-state index contributed by atoms with van der Waals surface area (Å²) in [6, 6.07) is 0. The molecule has 1 saturated carbocycles. The maximum Gasteiger partial charge on any atom is 0.147 e. The molecule has 4 nitrogen and oxygen atoms in total. The van der Waals surface area contributed by atoms with E-state index in [1.54, 1.807) is 0 Å². The molecule has 1 aliphatic rings. The summed E-state index contributed by atoms with van der Waals surface area (Å²) in [5, 5.41) is 12.7. The van der Waals surface area contributed by atoms with Gasteiger partial charge in [0, 0.05) is 12.8 Å². The van der Waals surface area contributed by atoms with Crippen molar-refractivity contribution in [2.24, 2.45) is 5.92 Å². The minimum absolute atomic E-state index is 0.160. The third kappa shape index (κ3) is 5.49. The van der Waals surface area contributed by atoms with Gasteiger partial charge in [0.2, 0.25) is 0 Å². The second-order valence-corrected chi connectivity index (χ2v) is 6.71. The van der Waals surface area contributed by atoms with E-state index in [1.807, 2.05) is 0 Å². The number of hydrogen-bond acceptors (Lipinski definition) is 4. The molecule has 2 unspecified atom stereocenters. The van der Waals surface area contributed by atoms with Crippen LogP contribution in [0.3, 0.4) is 0 Å². The molecule has 0 radical (unpaired) electrons. The van der Waals surface area contributed by atoms with Crippen LogP contribution < -0.4 is 5.32 Å². The van der Waals surface area contributed by atoms with Crippen molar-refractivity contribution in [3.63, 3.8) is 0 Å². The Hall–Kier alpha value is -0.130. The van der Waals surface area contributed by atoms with Gasteiger partial charge >= 0.3 is 0 Å². The number of hydrogen-bond donors (Lipinski definition) is 2. The molecular weight excluding hydrogens is 214 g/mol. The topological polar surface area (TPSA) is 66.4 Å². The van der Waals surface area contributed by atoms with Gasteiger partial charge in [-0.1, -0.05) is 6.42 Å². The molecule has 0 saturated heterocycles. The van der Waals surface area contributed by atoms with Crippen molar-refractivity contribution in [3.8, 4) is 0 Å². The summed E-state index contributed by atoms with van der Waals surface area (Å²) >= 11 is 0. The van der Waals surface area contributed by atoms with E-state index < -0.39 is 9.84 Å². The SMILES string of the molecule is CS(=O)(=O)CCCNCC1CCCC1O. The van der Waals surface area contributed by atoms with Gasteiger partial charge in [-0.2, -0.15) is 0 Å². The molecule has 0 bridgehead atoms. The Labute approximate surface area is 92.0 Å². The lowest BCUT2D eigenvalue weighted by Crippen LogP contribution is -2.29. The van der Waals surface area contributed by atoms with E-state index in [0.29, 0.717) is 12.3 Å². The normalized spacial score (nSPS) is 27.1. The van der Waals surface area contributed by atoms with Crippen molar-refractivity contribution in [1.29, 1.82) is 0 Å². The quantitative estimate of drug-likeness (QED) is 0.644. The van der Waals surface area contributed by atoms with Crippen molar-refractivity contribution >= 4 is 9.84 Å². The zero-order valence-electron chi connectivity index (χ0n) is 9.28. The van der Waals surface area contributed by atoms with Crippen LogP contribution in [0.4, 0.5) is 0 Å². The molecule has 1 rings (SSSR count). The number of aliphatic hydroxyl groups is 1. The Morgan fingerprint density at radius 3 is 2.67 bits per heavy atom. The van der Waals surface area contributed by atoms with Crippen LogP contribution in [0.5, 0.6) is 0 Å². The van der Waals surface area contributed by atoms with E-state index in [-0.39, 0.29) is 11.9 Å². The average Bonchev–Trinajstić information content (AvgIpc) is 2.49. The largest absolute Gasteiger partial charge is 0.393 e. The van der Waals surface area contributed by atoms with Gasteiger partial charge in [-0.15, -0.1) is 0 Å². The zero-order chi connectivity index (χ0) is 11.3. The van der Waals surface area contributed by atoms with Gasteiger partial charge in [0.1, 0.15) is 9.84 Å². The number of rotatable bonds is 6. The van der Waals surface area contributed by atoms with Gasteiger partial charge in [0.05, 0.1) is 11.9 Å². The van der Waals surface area contributed by atoms with Crippen LogP contribution >= 0.6 is 0 Å². The van der Waals surface area contributed by atoms with E-state index in [0.717, 1.165) is 32.4 Å². The van der Waals surface area contributed by atoms with E-state index in [4.69, 9.17) is 0 Å². The molecule has 0 heterocycles. The molecule has 0 aromatic carbocycles. The van der Waals surface area contributed by atoms with Gasteiger partial charge in [-0.3, -0.25) is 0 Å². The van der Waals surface area contributed by atoms with E-state index in [9.17, 15) is 13.5 Å². The molecule has 5 heteroatoms. The third-order valence-corrected chi connectivity index (χ3v) is 3.92. The second kappa shape index (κ2) is 5.82. The third-order valence-electron chi connectivity index (χ3n) is 2.89. The smallest absolute Gasteiger partial charge is 0.147 e. The van der Waals surface area contributed by atoms with Gasteiger partial charge in [0.15, 0.2) is 0 Å². The molecule has 1 fully saturated rings. The van der Waals surface area contributed by atoms with Crippen LogP contribution in [0.15, 0.2) is 0 Å². The Morgan fingerprint density at radius 2 is 2.13 bits per heavy atom. The highest BCUT2D eigenvalue weighted by molar-refractivity contribution is 7.90. The van der Waals surface area contributed by atoms with Crippen LogP contribution in [-0.4, -0.2) is 44.7 Å². The lowest BCUT2D eigenvalue weighted by molar-refractivity contribution is 0.132. The van der Waals surface area contributed by atoms with Crippen LogP contribution in [-0.2, 0) is 9.84 Å². The summed E-state index contributed by atoms with van der Waals surface area (Å²) in [4.78, 5) is 0. The fourth-order valence-electron chi connectivity index (χ4n) is 2.00. The lowest BCUT2D eigenvalue weighted by atomic mass is 10.1. The maximum absolute atomic E-state index is 10.8. The summed E-state index contributed by atoms with van der Waals surface area (Å²) in [6.45, 7) is 1.53. The van der Waals surface area contributed by atoms with Gasteiger partial charge in [0.25, 0.3) is 0 Å². The molecule has 0 aromatic rings. The average molecular weight is 235 g/mol. The molecule has 2 N–H and O–H groups in total. The standard InChI is InChI=1S/C10H21NO3S/c1-15(13,14)7-3-6-11-8-9-4-2-5-10(9)12/h9-12H,2-8H2,1H3. The highest BCUT2D eigenvalue weighted by Crippen LogP contribution is 2.24. The maximum atomic E-state index is 10.8. The van der Waals surface area contributed by atoms with Gasteiger partial charge in [-0.25, -0.2) is 8.42 Å². The van der Waals surface area contributed by atoms with Gasteiger partial charge < -0.3 is 10.4 Å². The summed E-state index contributed by atoms with van der Waals surface area (Å²) in [5.74, 6) is 0.607. The van der Waals surface area contributed by atoms with Crippen LogP contribution in [0.25, 0.3) is 0 Å². The molecule has 15 heavy (non-hydrogen) atoms. The fourth-order valence-corrected chi connectivity index (χ4v) is 2.67. The van der Waals surface area contributed by atoms with Gasteiger partial charge in [-0.05, 0) is 31.7 Å². The molecule has 0 aliphatic heterocycles. The van der Waals surface area contributed by atoms with E-state index in [2.05, 4.69) is 5.32 Å². The highest BCUT2D eigenvalue weighted by Gasteiger charge is 2.24. The molecule has 90 valence electrons. The monoisotopic (exact) mass is 235 g/mol. The summed E-state index contributed by atoms with van der Waals surface area (Å²) in [6.07, 6.45) is 4.86.